The molecule has 2 heteroatoms. The number of hydrogen-bond donors (Lipinski definition) is 0. The van der Waals surface area contributed by atoms with Gasteiger partial charge >= 0.3 is 0 Å². The van der Waals surface area contributed by atoms with Gasteiger partial charge < -0.3 is 4.74 Å². The van der Waals surface area contributed by atoms with Gasteiger partial charge in [-0.2, -0.15) is 0 Å². The third-order valence-electron chi connectivity index (χ3n) is 3.06. The molecule has 0 fully saturated rings. The largest absolute Gasteiger partial charge is 0.492 e. The van der Waals surface area contributed by atoms with E-state index in [9.17, 15) is 0 Å². The summed E-state index contributed by atoms with van der Waals surface area (Å²) in [6, 6.07) is 18.2. The summed E-state index contributed by atoms with van der Waals surface area (Å²) in [5, 5.41) is 1.09. The number of pyridine rings is 1. The van der Waals surface area contributed by atoms with Crippen LogP contribution in [0, 0.1) is 6.20 Å². The van der Waals surface area contributed by atoms with Crippen molar-refractivity contribution in [2.24, 2.45) is 0 Å². The van der Waals surface area contributed by atoms with Crippen molar-refractivity contribution in [1.29, 1.82) is 0 Å². The van der Waals surface area contributed by atoms with Gasteiger partial charge in [0.25, 0.3) is 0 Å². The number of rotatable bonds is 3. The number of nitrogens with zero attached hydrogens (tertiary/aromatic N) is 1. The number of hydrogen-bond acceptors (Lipinski definition) is 2. The second kappa shape index (κ2) is 5.11. The summed E-state index contributed by atoms with van der Waals surface area (Å²) in [5.74, 6) is 0.814. The molecule has 0 saturated heterocycles. The molecule has 1 radical (unpaired) electrons. The van der Waals surface area contributed by atoms with Crippen LogP contribution < -0.4 is 4.74 Å². The summed E-state index contributed by atoms with van der Waals surface area (Å²) in [5.41, 5.74) is 3.16. The predicted molar refractivity (Wildman–Crippen MR) is 77.2 cm³/mol. The van der Waals surface area contributed by atoms with Crippen LogP contribution >= 0.6 is 0 Å². The van der Waals surface area contributed by atoms with Crippen molar-refractivity contribution in [3.63, 3.8) is 0 Å². The average Bonchev–Trinajstić information content (AvgIpc) is 2.48. The Morgan fingerprint density at radius 1 is 1.05 bits per heavy atom. The summed E-state index contributed by atoms with van der Waals surface area (Å²) in [6.07, 6.45) is 2.97. The van der Waals surface area contributed by atoms with Crippen LogP contribution in [0.25, 0.3) is 22.0 Å². The molecule has 0 saturated carbocycles. The molecule has 0 atom stereocenters. The predicted octanol–water partition coefficient (Wildman–Crippen LogP) is 4.10. The van der Waals surface area contributed by atoms with Gasteiger partial charge in [0.2, 0.25) is 0 Å². The summed E-state index contributed by atoms with van der Waals surface area (Å²) in [6.45, 7) is 2.61. The molecule has 1 heterocycles. The first-order chi connectivity index (χ1) is 9.40. The molecule has 19 heavy (non-hydrogen) atoms. The Hall–Kier alpha value is -2.35. The van der Waals surface area contributed by atoms with E-state index in [1.807, 2.05) is 43.3 Å². The SMILES string of the molecule is CCOc1cccc2c(-c3ccccc3)c[c]nc12. The molecule has 0 bridgehead atoms. The zero-order valence-corrected chi connectivity index (χ0v) is 10.8. The standard InChI is InChI=1S/C17H14NO/c1-2-19-16-10-6-9-15-14(11-12-18-17(15)16)13-7-4-3-5-8-13/h3-11H,2H2,1H3. The Balaban J connectivity index is 2.25. The molecule has 0 aliphatic heterocycles. The second-order valence-corrected chi connectivity index (χ2v) is 4.25. The van der Waals surface area contributed by atoms with Crippen molar-refractivity contribution in [1.82, 2.24) is 4.98 Å². The Labute approximate surface area is 112 Å². The van der Waals surface area contributed by atoms with Crippen molar-refractivity contribution in [2.75, 3.05) is 6.61 Å². The van der Waals surface area contributed by atoms with Gasteiger partial charge in [0.15, 0.2) is 0 Å². The molecule has 0 N–H and O–H groups in total. The van der Waals surface area contributed by atoms with Crippen molar-refractivity contribution in [3.8, 4) is 16.9 Å². The fourth-order valence-corrected chi connectivity index (χ4v) is 2.22. The van der Waals surface area contributed by atoms with Crippen LogP contribution in [0.1, 0.15) is 6.92 Å². The van der Waals surface area contributed by atoms with Crippen molar-refractivity contribution in [2.45, 2.75) is 6.92 Å². The third-order valence-corrected chi connectivity index (χ3v) is 3.06. The zero-order valence-electron chi connectivity index (χ0n) is 10.8. The van der Waals surface area contributed by atoms with Gasteiger partial charge in [-0.05, 0) is 30.2 Å². The highest BCUT2D eigenvalue weighted by Crippen LogP contribution is 2.31. The Morgan fingerprint density at radius 2 is 1.89 bits per heavy atom. The molecule has 2 nitrogen and oxygen atoms in total. The lowest BCUT2D eigenvalue weighted by atomic mass is 10.0. The number of ether oxygens (including phenoxy) is 1. The van der Waals surface area contributed by atoms with Crippen LogP contribution in [0.3, 0.4) is 0 Å². The van der Waals surface area contributed by atoms with E-state index in [1.54, 1.807) is 0 Å². The first-order valence-electron chi connectivity index (χ1n) is 6.38. The maximum Gasteiger partial charge on any atom is 0.145 e. The Kier molecular flexibility index (Phi) is 3.15. The molecule has 2 aromatic carbocycles. The van der Waals surface area contributed by atoms with E-state index in [1.165, 1.54) is 5.56 Å². The Morgan fingerprint density at radius 3 is 2.68 bits per heavy atom. The van der Waals surface area contributed by atoms with Gasteiger partial charge in [-0.25, -0.2) is 4.98 Å². The molecule has 3 aromatic rings. The van der Waals surface area contributed by atoms with E-state index in [4.69, 9.17) is 4.74 Å². The molecule has 0 unspecified atom stereocenters. The number of aromatic nitrogens is 1. The topological polar surface area (TPSA) is 22.1 Å². The summed E-state index contributed by atoms with van der Waals surface area (Å²) >= 11 is 0. The summed E-state index contributed by atoms with van der Waals surface area (Å²) in [4.78, 5) is 4.34. The summed E-state index contributed by atoms with van der Waals surface area (Å²) < 4.78 is 5.63. The van der Waals surface area contributed by atoms with Crippen molar-refractivity contribution >= 4 is 10.9 Å². The maximum atomic E-state index is 5.63. The van der Waals surface area contributed by atoms with Gasteiger partial charge in [-0.15, -0.1) is 0 Å². The molecule has 0 amide bonds. The van der Waals surface area contributed by atoms with Gasteiger partial charge in [0.1, 0.15) is 11.3 Å². The number of fused-ring (bicyclic) bond motifs is 1. The molecule has 3 rings (SSSR count). The molecule has 0 spiro atoms. The van der Waals surface area contributed by atoms with Crippen LogP contribution in [0.5, 0.6) is 5.75 Å². The van der Waals surface area contributed by atoms with Gasteiger partial charge in [0, 0.05) is 5.39 Å². The van der Waals surface area contributed by atoms with E-state index in [0.717, 1.165) is 22.2 Å². The molecular formula is C17H14NO. The third kappa shape index (κ3) is 2.17. The fraction of sp³-hybridized carbons (Fsp3) is 0.118. The van der Waals surface area contributed by atoms with E-state index in [0.29, 0.717) is 6.61 Å². The quantitative estimate of drug-likeness (QED) is 0.696. The minimum absolute atomic E-state index is 0.635. The van der Waals surface area contributed by atoms with E-state index in [2.05, 4.69) is 29.4 Å². The molecular weight excluding hydrogens is 234 g/mol. The average molecular weight is 248 g/mol. The maximum absolute atomic E-state index is 5.63. The van der Waals surface area contributed by atoms with E-state index >= 15 is 0 Å². The van der Waals surface area contributed by atoms with Crippen LogP contribution in [0.4, 0.5) is 0 Å². The van der Waals surface area contributed by atoms with Crippen molar-refractivity contribution < 1.29 is 4.74 Å². The van der Waals surface area contributed by atoms with Gasteiger partial charge in [0.05, 0.1) is 12.8 Å². The van der Waals surface area contributed by atoms with Crippen LogP contribution in [0.2, 0.25) is 0 Å². The molecule has 0 aliphatic rings. The lowest BCUT2D eigenvalue weighted by Crippen LogP contribution is -1.94. The minimum atomic E-state index is 0.635. The highest BCUT2D eigenvalue weighted by atomic mass is 16.5. The first kappa shape index (κ1) is 11.7. The van der Waals surface area contributed by atoms with Gasteiger partial charge in [-0.1, -0.05) is 42.5 Å². The van der Waals surface area contributed by atoms with Gasteiger partial charge in [-0.3, -0.25) is 0 Å². The second-order valence-electron chi connectivity index (χ2n) is 4.25. The van der Waals surface area contributed by atoms with E-state index in [-0.39, 0.29) is 0 Å². The van der Waals surface area contributed by atoms with Crippen molar-refractivity contribution in [3.05, 3.63) is 60.8 Å². The minimum Gasteiger partial charge on any atom is -0.492 e. The Bertz CT molecular complexity index is 692. The highest BCUT2D eigenvalue weighted by Gasteiger charge is 2.08. The molecule has 93 valence electrons. The fourth-order valence-electron chi connectivity index (χ4n) is 2.22. The lowest BCUT2D eigenvalue weighted by molar-refractivity contribution is 0.343. The molecule has 1 aromatic heterocycles. The highest BCUT2D eigenvalue weighted by molar-refractivity contribution is 5.97. The van der Waals surface area contributed by atoms with E-state index < -0.39 is 0 Å². The van der Waals surface area contributed by atoms with Crippen LogP contribution in [0.15, 0.2) is 54.6 Å². The van der Waals surface area contributed by atoms with Crippen LogP contribution in [-0.4, -0.2) is 11.6 Å². The zero-order chi connectivity index (χ0) is 13.1. The smallest absolute Gasteiger partial charge is 0.145 e. The lowest BCUT2D eigenvalue weighted by Gasteiger charge is -2.09. The monoisotopic (exact) mass is 248 g/mol. The first-order valence-corrected chi connectivity index (χ1v) is 6.38. The molecule has 0 aliphatic carbocycles. The normalized spacial score (nSPS) is 10.6. The summed E-state index contributed by atoms with van der Waals surface area (Å²) in [7, 11) is 0. The number of para-hydroxylation sites is 1. The number of benzene rings is 2. The van der Waals surface area contributed by atoms with Crippen LogP contribution in [-0.2, 0) is 0 Å².